The van der Waals surface area contributed by atoms with Gasteiger partial charge in [-0.05, 0) is 37.5 Å². The number of hydrogen-bond donors (Lipinski definition) is 0. The Morgan fingerprint density at radius 1 is 1.11 bits per heavy atom. The molecule has 5 rings (SSSR count). The van der Waals surface area contributed by atoms with E-state index in [1.807, 2.05) is 16.6 Å². The van der Waals surface area contributed by atoms with Crippen LogP contribution in [0.15, 0.2) is 36.4 Å². The molecule has 2 aromatic heterocycles. The van der Waals surface area contributed by atoms with Crippen molar-refractivity contribution in [2.45, 2.75) is 32.6 Å². The normalized spacial score (nSPS) is 19.8. The maximum absolute atomic E-state index is 6.04. The van der Waals surface area contributed by atoms with Gasteiger partial charge in [0.2, 0.25) is 0 Å². The zero-order chi connectivity index (χ0) is 19.3. The molecule has 0 aliphatic carbocycles. The van der Waals surface area contributed by atoms with Crippen LogP contribution < -0.4 is 4.90 Å². The summed E-state index contributed by atoms with van der Waals surface area (Å²) in [5, 5.41) is 5.70. The summed E-state index contributed by atoms with van der Waals surface area (Å²) in [6.45, 7) is 8.18. The minimum atomic E-state index is 0.186. The van der Waals surface area contributed by atoms with Crippen molar-refractivity contribution in [3.8, 4) is 0 Å². The number of anilines is 1. The largest absolute Gasteiger partial charge is 0.381 e. The van der Waals surface area contributed by atoms with Gasteiger partial charge in [-0.3, -0.25) is 0 Å². The third kappa shape index (κ3) is 3.07. The number of ether oxygens (including phenoxy) is 1. The van der Waals surface area contributed by atoms with E-state index < -0.39 is 0 Å². The minimum Gasteiger partial charge on any atom is -0.381 e. The number of aromatic nitrogens is 3. The lowest BCUT2D eigenvalue weighted by molar-refractivity contribution is -0.000587. The lowest BCUT2D eigenvalue weighted by Gasteiger charge is -2.53. The van der Waals surface area contributed by atoms with Gasteiger partial charge in [-0.2, -0.15) is 9.61 Å². The van der Waals surface area contributed by atoms with Gasteiger partial charge in [0.05, 0.1) is 5.69 Å². The van der Waals surface area contributed by atoms with Crippen LogP contribution in [-0.2, 0) is 4.74 Å². The van der Waals surface area contributed by atoms with Gasteiger partial charge in [0.1, 0.15) is 5.82 Å². The van der Waals surface area contributed by atoms with Crippen LogP contribution in [0.3, 0.4) is 0 Å². The smallest absolute Gasteiger partial charge is 0.157 e. The van der Waals surface area contributed by atoms with Crippen molar-refractivity contribution in [2.24, 2.45) is 5.41 Å². The summed E-state index contributed by atoms with van der Waals surface area (Å²) in [5.41, 5.74) is 4.60. The van der Waals surface area contributed by atoms with Crippen molar-refractivity contribution in [3.05, 3.63) is 58.4 Å². The van der Waals surface area contributed by atoms with E-state index in [1.165, 1.54) is 5.56 Å². The van der Waals surface area contributed by atoms with Crippen molar-refractivity contribution in [1.82, 2.24) is 14.6 Å². The Bertz CT molecular complexity index is 999. The Morgan fingerprint density at radius 2 is 1.82 bits per heavy atom. The molecule has 1 spiro atoms. The van der Waals surface area contributed by atoms with Crippen LogP contribution in [0, 0.1) is 12.3 Å². The molecule has 2 saturated heterocycles. The summed E-state index contributed by atoms with van der Waals surface area (Å²) in [4.78, 5) is 7.17. The molecular formula is C22H25ClN4O. The highest BCUT2D eigenvalue weighted by atomic mass is 35.5. The summed E-state index contributed by atoms with van der Waals surface area (Å²) in [5.74, 6) is 1.33. The molecule has 6 heteroatoms. The molecule has 1 aromatic carbocycles. The molecule has 2 aliphatic heterocycles. The number of benzene rings is 1. The fourth-order valence-corrected chi connectivity index (χ4v) is 4.63. The summed E-state index contributed by atoms with van der Waals surface area (Å²) in [7, 11) is 0. The van der Waals surface area contributed by atoms with E-state index in [-0.39, 0.29) is 5.92 Å². The minimum absolute atomic E-state index is 0.186. The van der Waals surface area contributed by atoms with Crippen LogP contribution in [0.2, 0.25) is 5.02 Å². The zero-order valence-electron chi connectivity index (χ0n) is 16.4. The van der Waals surface area contributed by atoms with Crippen LogP contribution >= 0.6 is 11.6 Å². The molecule has 3 aromatic rings. The molecule has 146 valence electrons. The van der Waals surface area contributed by atoms with Crippen molar-refractivity contribution in [3.63, 3.8) is 0 Å². The van der Waals surface area contributed by atoms with Gasteiger partial charge in [0, 0.05) is 60.5 Å². The molecule has 0 amide bonds. The quantitative estimate of drug-likeness (QED) is 0.655. The molecule has 2 aliphatic rings. The van der Waals surface area contributed by atoms with Gasteiger partial charge < -0.3 is 9.64 Å². The number of rotatable bonds is 3. The van der Waals surface area contributed by atoms with E-state index >= 15 is 0 Å². The van der Waals surface area contributed by atoms with Crippen molar-refractivity contribution < 1.29 is 4.74 Å². The highest BCUT2D eigenvalue weighted by Crippen LogP contribution is 2.42. The Hall–Kier alpha value is -2.11. The maximum atomic E-state index is 6.04. The van der Waals surface area contributed by atoms with Crippen molar-refractivity contribution in [1.29, 1.82) is 0 Å². The average molecular weight is 397 g/mol. The van der Waals surface area contributed by atoms with E-state index in [9.17, 15) is 0 Å². The first-order valence-corrected chi connectivity index (χ1v) is 10.4. The van der Waals surface area contributed by atoms with E-state index in [4.69, 9.17) is 26.4 Å². The summed E-state index contributed by atoms with van der Waals surface area (Å²) >= 11 is 6.04. The zero-order valence-corrected chi connectivity index (χ0v) is 17.1. The first-order valence-electron chi connectivity index (χ1n) is 9.99. The fourth-order valence-electron chi connectivity index (χ4n) is 4.50. The molecule has 1 atom stereocenters. The van der Waals surface area contributed by atoms with Crippen molar-refractivity contribution in [2.75, 3.05) is 31.2 Å². The predicted octanol–water partition coefficient (Wildman–Crippen LogP) is 4.46. The molecule has 2 fully saturated rings. The van der Waals surface area contributed by atoms with Crippen LogP contribution in [0.4, 0.5) is 5.82 Å². The van der Waals surface area contributed by atoms with Gasteiger partial charge in [-0.25, -0.2) is 4.98 Å². The summed E-state index contributed by atoms with van der Waals surface area (Å²) in [6.07, 6.45) is 2.32. The molecule has 4 heterocycles. The lowest BCUT2D eigenvalue weighted by atomic mass is 9.73. The number of nitrogens with zero attached hydrogens (tertiary/aromatic N) is 4. The molecule has 0 saturated carbocycles. The number of fused-ring (bicyclic) bond motifs is 1. The molecule has 0 radical (unpaired) electrons. The first kappa shape index (κ1) is 18.0. The van der Waals surface area contributed by atoms with Crippen LogP contribution in [0.25, 0.3) is 5.65 Å². The molecular weight excluding hydrogens is 372 g/mol. The Labute approximate surface area is 170 Å². The van der Waals surface area contributed by atoms with E-state index in [1.54, 1.807) is 0 Å². The molecule has 5 nitrogen and oxygen atoms in total. The molecule has 28 heavy (non-hydrogen) atoms. The fraction of sp³-hybridized carbons (Fsp3) is 0.455. The lowest BCUT2D eigenvalue weighted by Crippen LogP contribution is -2.59. The second kappa shape index (κ2) is 6.75. The van der Waals surface area contributed by atoms with Gasteiger partial charge in [0.15, 0.2) is 5.65 Å². The third-order valence-electron chi connectivity index (χ3n) is 6.30. The Kier molecular flexibility index (Phi) is 4.33. The SMILES string of the molecule is Cc1cc(N2CC3(CCOCC3)C2)n2nc(C(C)c3ccc(Cl)cc3)cc2n1. The second-order valence-electron chi connectivity index (χ2n) is 8.34. The van der Waals surface area contributed by atoms with E-state index in [2.05, 4.69) is 43.0 Å². The maximum Gasteiger partial charge on any atom is 0.157 e. The summed E-state index contributed by atoms with van der Waals surface area (Å²) < 4.78 is 7.57. The Balaban J connectivity index is 1.46. The standard InChI is InChI=1S/C22H25ClN4O/c1-15-11-21(26-13-22(14-26)7-9-28-10-8-22)27-20(24-15)12-19(25-27)16(2)17-3-5-18(23)6-4-17/h3-6,11-12,16H,7-10,13-14H2,1-2H3. The topological polar surface area (TPSA) is 42.7 Å². The molecule has 1 unspecified atom stereocenters. The van der Waals surface area contributed by atoms with Crippen LogP contribution in [-0.4, -0.2) is 40.9 Å². The third-order valence-corrected chi connectivity index (χ3v) is 6.55. The number of aryl methyl sites for hydroxylation is 1. The Morgan fingerprint density at radius 3 is 2.54 bits per heavy atom. The molecule has 0 N–H and O–H groups in total. The van der Waals surface area contributed by atoms with Gasteiger partial charge in [-0.15, -0.1) is 0 Å². The molecule has 0 bridgehead atoms. The highest BCUT2D eigenvalue weighted by molar-refractivity contribution is 6.30. The number of hydrogen-bond acceptors (Lipinski definition) is 4. The van der Waals surface area contributed by atoms with Gasteiger partial charge >= 0.3 is 0 Å². The van der Waals surface area contributed by atoms with E-state index in [0.29, 0.717) is 5.41 Å². The number of halogens is 1. The highest BCUT2D eigenvalue weighted by Gasteiger charge is 2.44. The summed E-state index contributed by atoms with van der Waals surface area (Å²) in [6, 6.07) is 12.3. The first-order chi connectivity index (χ1) is 13.5. The monoisotopic (exact) mass is 396 g/mol. The van der Waals surface area contributed by atoms with Gasteiger partial charge in [0.25, 0.3) is 0 Å². The van der Waals surface area contributed by atoms with Crippen molar-refractivity contribution >= 4 is 23.1 Å². The average Bonchev–Trinajstić information content (AvgIpc) is 3.10. The predicted molar refractivity (Wildman–Crippen MR) is 111 cm³/mol. The van der Waals surface area contributed by atoms with Gasteiger partial charge in [-0.1, -0.05) is 30.7 Å². The second-order valence-corrected chi connectivity index (χ2v) is 8.77. The van der Waals surface area contributed by atoms with Crippen LogP contribution in [0.5, 0.6) is 0 Å². The van der Waals surface area contributed by atoms with E-state index in [0.717, 1.165) is 67.0 Å². The van der Waals surface area contributed by atoms with Crippen LogP contribution in [0.1, 0.15) is 42.6 Å².